The molecule has 1 atom stereocenters. The largest absolute Gasteiger partial charge is 0.487 e. The van der Waals surface area contributed by atoms with Crippen molar-refractivity contribution in [2.75, 3.05) is 13.2 Å². The Morgan fingerprint density at radius 2 is 1.93 bits per heavy atom. The monoisotopic (exact) mass is 218 g/mol. The van der Waals surface area contributed by atoms with Crippen LogP contribution >= 0.6 is 12.2 Å². The summed E-state index contributed by atoms with van der Waals surface area (Å²) in [6.45, 7) is 4.16. The molecule has 0 bridgehead atoms. The second kappa shape index (κ2) is 7.44. The molecule has 0 saturated heterocycles. The van der Waals surface area contributed by atoms with Crippen molar-refractivity contribution in [3.05, 3.63) is 0 Å². The Hall–Kier alpha value is -0.970. The minimum absolute atomic E-state index is 0.0455. The number of esters is 1. The summed E-state index contributed by atoms with van der Waals surface area (Å²) >= 11 is 4.82. The van der Waals surface area contributed by atoms with Crippen molar-refractivity contribution in [1.82, 2.24) is 0 Å². The molecule has 0 aliphatic heterocycles. The van der Waals surface area contributed by atoms with E-state index in [-0.39, 0.29) is 11.5 Å². The summed E-state index contributed by atoms with van der Waals surface area (Å²) < 4.78 is 9.66. The lowest BCUT2D eigenvalue weighted by atomic mass is 10.1. The predicted octanol–water partition coefficient (Wildman–Crippen LogP) is 1.12. The van der Waals surface area contributed by atoms with Gasteiger partial charge >= 0.3 is 5.97 Å². The Labute approximate surface area is 88.6 Å². The minimum Gasteiger partial charge on any atom is -0.487 e. The minimum atomic E-state index is -0.677. The molecule has 14 heavy (non-hydrogen) atoms. The van der Waals surface area contributed by atoms with E-state index in [1.807, 2.05) is 0 Å². The van der Waals surface area contributed by atoms with Crippen LogP contribution in [0.5, 0.6) is 0 Å². The van der Waals surface area contributed by atoms with E-state index in [0.717, 1.165) is 0 Å². The summed E-state index contributed by atoms with van der Waals surface area (Å²) in [5.41, 5.74) is 0. The van der Waals surface area contributed by atoms with Crippen molar-refractivity contribution in [2.45, 2.75) is 20.3 Å². The Morgan fingerprint density at radius 1 is 1.36 bits per heavy atom. The third kappa shape index (κ3) is 4.91. The Bertz CT molecular complexity index is 215. The van der Waals surface area contributed by atoms with Gasteiger partial charge in [-0.05, 0) is 26.1 Å². The van der Waals surface area contributed by atoms with Crippen molar-refractivity contribution in [3.8, 4) is 0 Å². The van der Waals surface area contributed by atoms with Gasteiger partial charge in [-0.25, -0.2) is 0 Å². The summed E-state index contributed by atoms with van der Waals surface area (Å²) in [5.74, 6) is -1.12. The van der Waals surface area contributed by atoms with Gasteiger partial charge in [0.1, 0.15) is 6.29 Å². The van der Waals surface area contributed by atoms with Gasteiger partial charge in [0, 0.05) is 0 Å². The first-order valence-electron chi connectivity index (χ1n) is 4.43. The fourth-order valence-electron chi connectivity index (χ4n) is 0.836. The van der Waals surface area contributed by atoms with Crippen LogP contribution in [0, 0.1) is 5.92 Å². The van der Waals surface area contributed by atoms with E-state index >= 15 is 0 Å². The van der Waals surface area contributed by atoms with Crippen LogP contribution in [0.15, 0.2) is 0 Å². The summed E-state index contributed by atoms with van der Waals surface area (Å²) in [7, 11) is 0. The zero-order valence-corrected chi connectivity index (χ0v) is 9.13. The Kier molecular flexibility index (Phi) is 6.92. The summed E-state index contributed by atoms with van der Waals surface area (Å²) in [5, 5.41) is 0.149. The zero-order chi connectivity index (χ0) is 11.0. The SMILES string of the molecule is CCOC(=O)CC(C=O)C(=S)OCC. The fourth-order valence-corrected chi connectivity index (χ4v) is 1.09. The highest BCUT2D eigenvalue weighted by molar-refractivity contribution is 7.80. The molecule has 0 radical (unpaired) electrons. The van der Waals surface area contributed by atoms with E-state index in [0.29, 0.717) is 19.5 Å². The molecule has 0 aliphatic rings. The lowest BCUT2D eigenvalue weighted by Gasteiger charge is -2.10. The number of hydrogen-bond donors (Lipinski definition) is 0. The molecular weight excluding hydrogens is 204 g/mol. The molecule has 0 rings (SSSR count). The van der Waals surface area contributed by atoms with Crippen LogP contribution in [0.2, 0.25) is 0 Å². The molecule has 0 saturated carbocycles. The normalized spacial score (nSPS) is 11.6. The van der Waals surface area contributed by atoms with Gasteiger partial charge in [-0.15, -0.1) is 0 Å². The van der Waals surface area contributed by atoms with E-state index in [4.69, 9.17) is 17.0 Å². The van der Waals surface area contributed by atoms with Crippen LogP contribution < -0.4 is 0 Å². The molecule has 0 N–H and O–H groups in total. The molecule has 0 aromatic heterocycles. The van der Waals surface area contributed by atoms with Crippen molar-refractivity contribution < 1.29 is 19.1 Å². The molecule has 0 aromatic carbocycles. The number of thiocarbonyl (C=S) groups is 1. The van der Waals surface area contributed by atoms with Gasteiger partial charge in [0.2, 0.25) is 0 Å². The highest BCUT2D eigenvalue weighted by Gasteiger charge is 2.19. The first kappa shape index (κ1) is 13.0. The number of carbonyl (C=O) groups excluding carboxylic acids is 2. The standard InChI is InChI=1S/C9H14O4S/c1-3-12-8(11)5-7(6-10)9(14)13-4-2/h6-7H,3-5H2,1-2H3. The number of aldehydes is 1. The van der Waals surface area contributed by atoms with Crippen LogP contribution in [0.25, 0.3) is 0 Å². The summed E-state index contributed by atoms with van der Waals surface area (Å²) in [6.07, 6.45) is 0.561. The maximum atomic E-state index is 11.0. The van der Waals surface area contributed by atoms with Gasteiger partial charge < -0.3 is 14.3 Å². The van der Waals surface area contributed by atoms with Crippen molar-refractivity contribution >= 4 is 29.5 Å². The Balaban J connectivity index is 4.07. The molecule has 0 spiro atoms. The molecule has 4 nitrogen and oxygen atoms in total. The molecule has 0 aromatic rings. The van der Waals surface area contributed by atoms with Gasteiger partial charge in [0.05, 0.1) is 25.6 Å². The van der Waals surface area contributed by atoms with E-state index in [2.05, 4.69) is 4.74 Å². The van der Waals surface area contributed by atoms with Gasteiger partial charge in [0.15, 0.2) is 5.05 Å². The molecule has 5 heteroatoms. The molecule has 0 fully saturated rings. The topological polar surface area (TPSA) is 52.6 Å². The summed E-state index contributed by atoms with van der Waals surface area (Å²) in [6, 6.07) is 0. The highest BCUT2D eigenvalue weighted by Crippen LogP contribution is 2.06. The predicted molar refractivity (Wildman–Crippen MR) is 55.0 cm³/mol. The smallest absolute Gasteiger partial charge is 0.306 e. The third-order valence-electron chi connectivity index (χ3n) is 1.45. The summed E-state index contributed by atoms with van der Waals surface area (Å²) in [4.78, 5) is 21.6. The zero-order valence-electron chi connectivity index (χ0n) is 8.32. The first-order valence-corrected chi connectivity index (χ1v) is 4.84. The highest BCUT2D eigenvalue weighted by atomic mass is 32.1. The number of hydrogen-bond acceptors (Lipinski definition) is 5. The number of rotatable bonds is 6. The molecule has 0 heterocycles. The average Bonchev–Trinajstić information content (AvgIpc) is 2.15. The van der Waals surface area contributed by atoms with E-state index in [9.17, 15) is 9.59 Å². The van der Waals surface area contributed by atoms with Crippen LogP contribution in [0.4, 0.5) is 0 Å². The van der Waals surface area contributed by atoms with E-state index in [1.165, 1.54) is 0 Å². The molecule has 80 valence electrons. The maximum absolute atomic E-state index is 11.0. The molecule has 1 unspecified atom stereocenters. The molecule has 0 aliphatic carbocycles. The molecular formula is C9H14O4S. The van der Waals surface area contributed by atoms with E-state index < -0.39 is 11.9 Å². The van der Waals surface area contributed by atoms with Gasteiger partial charge in [-0.1, -0.05) is 0 Å². The first-order chi connectivity index (χ1) is 6.65. The van der Waals surface area contributed by atoms with Crippen LogP contribution in [-0.2, 0) is 19.1 Å². The van der Waals surface area contributed by atoms with Crippen molar-refractivity contribution in [3.63, 3.8) is 0 Å². The quantitative estimate of drug-likeness (QED) is 0.380. The number of carbonyl (C=O) groups is 2. The number of ether oxygens (including phenoxy) is 2. The average molecular weight is 218 g/mol. The van der Waals surface area contributed by atoms with Gasteiger partial charge in [-0.3, -0.25) is 4.79 Å². The third-order valence-corrected chi connectivity index (χ3v) is 1.87. The second-order valence-electron chi connectivity index (χ2n) is 2.50. The molecule has 0 amide bonds. The van der Waals surface area contributed by atoms with Crippen LogP contribution in [0.1, 0.15) is 20.3 Å². The second-order valence-corrected chi connectivity index (χ2v) is 2.91. The van der Waals surface area contributed by atoms with Crippen molar-refractivity contribution in [2.24, 2.45) is 5.92 Å². The van der Waals surface area contributed by atoms with Gasteiger partial charge in [0.25, 0.3) is 0 Å². The maximum Gasteiger partial charge on any atom is 0.306 e. The van der Waals surface area contributed by atoms with Crippen molar-refractivity contribution in [1.29, 1.82) is 0 Å². The van der Waals surface area contributed by atoms with E-state index in [1.54, 1.807) is 13.8 Å². The lowest BCUT2D eigenvalue weighted by molar-refractivity contribution is -0.144. The van der Waals surface area contributed by atoms with Crippen LogP contribution in [-0.4, -0.2) is 30.5 Å². The fraction of sp³-hybridized carbons (Fsp3) is 0.667. The lowest BCUT2D eigenvalue weighted by Crippen LogP contribution is -2.21. The van der Waals surface area contributed by atoms with Crippen LogP contribution in [0.3, 0.4) is 0 Å². The Morgan fingerprint density at radius 3 is 2.36 bits per heavy atom. The van der Waals surface area contributed by atoms with Gasteiger partial charge in [-0.2, -0.15) is 0 Å².